The van der Waals surface area contributed by atoms with E-state index < -0.39 is 5.97 Å². The molecule has 0 aromatic rings. The molecule has 6 heteroatoms. The Balaban J connectivity index is -0.0000000641. The topological polar surface area (TPSA) is 109 Å². The first-order chi connectivity index (χ1) is 9.36. The van der Waals surface area contributed by atoms with Crippen molar-refractivity contribution >= 4 is 11.9 Å². The molecule has 0 bridgehead atoms. The second-order valence-corrected chi connectivity index (χ2v) is 7.93. The molecule has 146 valence electrons. The van der Waals surface area contributed by atoms with E-state index in [9.17, 15) is 4.79 Å². The molecule has 0 spiro atoms. The van der Waals surface area contributed by atoms with E-state index in [4.69, 9.17) is 21.4 Å². The smallest absolute Gasteiger partial charge is 0.387 e. The molecular weight excluding hydrogens is 475 g/mol. The third kappa shape index (κ3) is 393. The Morgan fingerprint density at radius 2 is 1.30 bits per heavy atom. The predicted molar refractivity (Wildman–Crippen MR) is 97.4 cm³/mol. The van der Waals surface area contributed by atoms with Crippen LogP contribution in [0, 0.1) is 18.3 Å². The standard InChI is InChI=1S/C5H11.C4H7NO3.C4H10N.C4H10.Pt/c1-5(2,3)4;5-3(6)1-2-4(7)8;1-4(2,3)5;1-4(2)3;/h1H2,2-4H3;1-2H2,(H2,5,6)(H,7,8);5H,1-3H3;4H,1-3H3;/q-1;;-1;;/p+1. The van der Waals surface area contributed by atoms with Crippen LogP contribution in [0.4, 0.5) is 0 Å². The summed E-state index contributed by atoms with van der Waals surface area (Å²) in [4.78, 5) is 18.0. The number of hydrogen-bond acceptors (Lipinski definition) is 1. The van der Waals surface area contributed by atoms with Gasteiger partial charge in [-0.2, -0.15) is 5.41 Å². The minimum absolute atomic E-state index is 0. The fourth-order valence-corrected chi connectivity index (χ4v) is 0.235. The first-order valence-electron chi connectivity index (χ1n) is 7.48. The normalized spacial score (nSPS) is 9.74. The maximum atomic E-state index is 9.72. The van der Waals surface area contributed by atoms with Crippen LogP contribution >= 0.6 is 0 Å². The first-order valence-corrected chi connectivity index (χ1v) is 7.48. The SMILES string of the molecule is CC(C)(C)[NH-].CC(C)C.NC(=[OH+])CCC(=O)O.[CH2-]C(C)(C)C.[Pt]. The zero-order chi connectivity index (χ0) is 19.1. The number of primary amides is 1. The average molecular weight is 515 g/mol. The number of carbonyl (C=O) groups is 1. The van der Waals surface area contributed by atoms with Gasteiger partial charge in [0.05, 0.1) is 12.8 Å². The zero-order valence-electron chi connectivity index (χ0n) is 16.4. The number of carbonyl (C=O) groups excluding carboxylic acids is 1. The van der Waals surface area contributed by atoms with Gasteiger partial charge in [0.15, 0.2) is 0 Å². The van der Waals surface area contributed by atoms with E-state index in [1.54, 1.807) is 0 Å². The van der Waals surface area contributed by atoms with Gasteiger partial charge in [-0.05, 0) is 5.92 Å². The molecule has 0 aliphatic heterocycles. The summed E-state index contributed by atoms with van der Waals surface area (Å²) in [6, 6.07) is 0. The summed E-state index contributed by atoms with van der Waals surface area (Å²) in [7, 11) is 0. The molecule has 0 saturated heterocycles. The summed E-state index contributed by atoms with van der Waals surface area (Å²) in [5.41, 5.74) is 11.7. The van der Waals surface area contributed by atoms with Crippen molar-refractivity contribution in [3.05, 3.63) is 12.7 Å². The van der Waals surface area contributed by atoms with Crippen LogP contribution in [0.15, 0.2) is 0 Å². The Morgan fingerprint density at radius 3 is 1.35 bits per heavy atom. The van der Waals surface area contributed by atoms with Gasteiger partial charge in [0.1, 0.15) is 0 Å². The van der Waals surface area contributed by atoms with Crippen LogP contribution in [0.25, 0.3) is 5.73 Å². The van der Waals surface area contributed by atoms with Crippen molar-refractivity contribution in [3.63, 3.8) is 0 Å². The summed E-state index contributed by atoms with van der Waals surface area (Å²) in [6.07, 6.45) is -0.0718. The minimum Gasteiger partial charge on any atom is -0.673 e. The fourth-order valence-electron chi connectivity index (χ4n) is 0.235. The fraction of sp³-hybridized carbons (Fsp3) is 0.824. The number of nitrogens with two attached hydrogens (primary N) is 1. The van der Waals surface area contributed by atoms with Crippen molar-refractivity contribution in [1.29, 1.82) is 0 Å². The Kier molecular flexibility index (Phi) is 26.5. The van der Waals surface area contributed by atoms with E-state index in [1.165, 1.54) is 0 Å². The zero-order valence-corrected chi connectivity index (χ0v) is 18.7. The molecule has 0 aliphatic carbocycles. The van der Waals surface area contributed by atoms with Crippen molar-refractivity contribution in [2.24, 2.45) is 17.1 Å². The van der Waals surface area contributed by atoms with Crippen LogP contribution in [-0.2, 0) is 25.9 Å². The van der Waals surface area contributed by atoms with Gasteiger partial charge in [-0.1, -0.05) is 62.3 Å². The van der Waals surface area contributed by atoms with E-state index in [-0.39, 0.29) is 50.8 Å². The molecule has 1 amide bonds. The maximum Gasteiger partial charge on any atom is 0.387 e. The van der Waals surface area contributed by atoms with Crippen LogP contribution in [0.5, 0.6) is 0 Å². The Bertz CT molecular complexity index is 240. The van der Waals surface area contributed by atoms with Gasteiger partial charge in [0.2, 0.25) is 0 Å². The number of rotatable bonds is 3. The second-order valence-electron chi connectivity index (χ2n) is 7.93. The van der Waals surface area contributed by atoms with Crippen LogP contribution in [0.1, 0.15) is 75.2 Å². The van der Waals surface area contributed by atoms with Gasteiger partial charge in [-0.25, -0.2) is 0 Å². The van der Waals surface area contributed by atoms with Crippen molar-refractivity contribution in [2.75, 3.05) is 0 Å². The Hall–Kier alpha value is -0.412. The molecule has 5 N–H and O–H groups in total. The third-order valence-electron chi connectivity index (χ3n) is 0.595. The molecule has 0 aliphatic rings. The molecular formula is C17H39N2O3Pt-. The number of nitrogens with one attached hydrogen (secondary N) is 1. The second kappa shape index (κ2) is 17.9. The van der Waals surface area contributed by atoms with Gasteiger partial charge >= 0.3 is 11.9 Å². The summed E-state index contributed by atoms with van der Waals surface area (Å²) < 4.78 is 0. The monoisotopic (exact) mass is 514 g/mol. The quantitative estimate of drug-likeness (QED) is 0.421. The van der Waals surface area contributed by atoms with Gasteiger partial charge in [0, 0.05) is 21.1 Å². The molecule has 0 fully saturated rings. The van der Waals surface area contributed by atoms with Crippen LogP contribution in [0.2, 0.25) is 0 Å². The van der Waals surface area contributed by atoms with E-state index in [0.29, 0.717) is 0 Å². The summed E-state index contributed by atoms with van der Waals surface area (Å²) in [5, 5.41) is 7.98. The predicted octanol–water partition coefficient (Wildman–Crippen LogP) is 4.68. The van der Waals surface area contributed by atoms with Crippen LogP contribution in [-0.4, -0.2) is 27.3 Å². The number of amides is 1. The molecule has 23 heavy (non-hydrogen) atoms. The Morgan fingerprint density at radius 1 is 1.13 bits per heavy atom. The number of carboxylic acids is 1. The van der Waals surface area contributed by atoms with Gasteiger partial charge in [-0.3, -0.25) is 9.59 Å². The van der Waals surface area contributed by atoms with E-state index in [1.807, 2.05) is 20.8 Å². The number of aliphatic carboxylic acids is 1. The molecule has 0 atom stereocenters. The minimum atomic E-state index is -0.956. The molecule has 0 unspecified atom stereocenters. The first kappa shape index (κ1) is 34.0. The van der Waals surface area contributed by atoms with Crippen LogP contribution < -0.4 is 5.73 Å². The van der Waals surface area contributed by atoms with Crippen molar-refractivity contribution in [1.82, 2.24) is 0 Å². The Labute approximate surface area is 158 Å². The van der Waals surface area contributed by atoms with E-state index >= 15 is 0 Å². The molecule has 0 heterocycles. The van der Waals surface area contributed by atoms with Gasteiger partial charge < -0.3 is 23.5 Å². The van der Waals surface area contributed by atoms with Crippen molar-refractivity contribution in [2.45, 2.75) is 80.7 Å². The number of carboxylic acid groups (broad SMARTS) is 1. The van der Waals surface area contributed by atoms with Crippen molar-refractivity contribution in [3.8, 4) is 0 Å². The van der Waals surface area contributed by atoms with Crippen LogP contribution in [0.3, 0.4) is 0 Å². The summed E-state index contributed by atoms with van der Waals surface area (Å²) in [5.74, 6) is -0.450. The third-order valence-corrected chi connectivity index (χ3v) is 0.595. The summed E-state index contributed by atoms with van der Waals surface area (Å²) >= 11 is 0. The molecule has 5 nitrogen and oxygen atoms in total. The molecule has 0 aromatic carbocycles. The van der Waals surface area contributed by atoms with E-state index in [0.717, 1.165) is 5.92 Å². The number of hydrogen-bond donors (Lipinski definition) is 2. The summed E-state index contributed by atoms with van der Waals surface area (Å²) in [6.45, 7) is 22.1. The largest absolute Gasteiger partial charge is 0.673 e. The van der Waals surface area contributed by atoms with Gasteiger partial charge in [-0.15, -0.1) is 5.54 Å². The molecule has 0 aromatic heterocycles. The van der Waals surface area contributed by atoms with E-state index in [2.05, 4.69) is 48.5 Å². The molecule has 0 rings (SSSR count). The van der Waals surface area contributed by atoms with Gasteiger partial charge in [0.25, 0.3) is 0 Å². The van der Waals surface area contributed by atoms with Crippen molar-refractivity contribution < 1.29 is 35.8 Å². The molecule has 0 radical (unpaired) electrons. The molecule has 0 saturated carbocycles. The average Bonchev–Trinajstić information content (AvgIpc) is 2.07. The maximum absolute atomic E-state index is 9.72.